The van der Waals surface area contributed by atoms with Crippen LogP contribution >= 0.6 is 34.4 Å². The van der Waals surface area contributed by atoms with Crippen LogP contribution in [-0.4, -0.2) is 29.5 Å². The molecule has 0 aliphatic carbocycles. The van der Waals surface area contributed by atoms with E-state index < -0.39 is 0 Å². The van der Waals surface area contributed by atoms with Gasteiger partial charge in [0.05, 0.1) is 0 Å². The molecule has 0 bridgehead atoms. The van der Waals surface area contributed by atoms with Crippen LogP contribution in [0, 0.1) is 0 Å². The smallest absolute Gasteiger partial charge is 0.00863 e. The van der Waals surface area contributed by atoms with E-state index in [1.807, 2.05) is 18.8 Å². The molecule has 0 amide bonds. The van der Waals surface area contributed by atoms with E-state index in [0.717, 1.165) is 6.54 Å². The second kappa shape index (κ2) is 8.04. The zero-order valence-electron chi connectivity index (χ0n) is 5.11. The van der Waals surface area contributed by atoms with E-state index in [2.05, 4.69) is 27.9 Å². The third kappa shape index (κ3) is 7.04. The van der Waals surface area contributed by atoms with Crippen molar-refractivity contribution in [2.75, 3.05) is 29.5 Å². The van der Waals surface area contributed by atoms with Crippen LogP contribution in [0.15, 0.2) is 0 Å². The lowest BCUT2D eigenvalue weighted by Gasteiger charge is -1.95. The number of hydrogen-bond donors (Lipinski definition) is 1. The highest BCUT2D eigenvalue weighted by molar-refractivity contribution is 14.1. The zero-order chi connectivity index (χ0) is 6.24. The topological polar surface area (TPSA) is 12.0 Å². The Morgan fingerprint density at radius 2 is 2.25 bits per heavy atom. The van der Waals surface area contributed by atoms with Crippen molar-refractivity contribution in [1.82, 2.24) is 5.32 Å². The van der Waals surface area contributed by atoms with Crippen LogP contribution < -0.4 is 5.32 Å². The average Bonchev–Trinajstić information content (AvgIpc) is 1.81. The lowest BCUT2D eigenvalue weighted by atomic mass is 10.8. The summed E-state index contributed by atoms with van der Waals surface area (Å²) in [7, 11) is 1.99. The van der Waals surface area contributed by atoms with E-state index in [-0.39, 0.29) is 0 Å². The van der Waals surface area contributed by atoms with Crippen LogP contribution in [0.4, 0.5) is 0 Å². The summed E-state index contributed by atoms with van der Waals surface area (Å²) in [5.41, 5.74) is 0. The van der Waals surface area contributed by atoms with Crippen molar-refractivity contribution in [3.05, 3.63) is 0 Å². The Labute approximate surface area is 69.1 Å². The molecule has 0 saturated heterocycles. The molecule has 1 N–H and O–H groups in total. The maximum Gasteiger partial charge on any atom is 0.00863 e. The fourth-order valence-electron chi connectivity index (χ4n) is 0.331. The highest BCUT2D eigenvalue weighted by Crippen LogP contribution is 1.99. The molecule has 0 unspecified atom stereocenters. The van der Waals surface area contributed by atoms with Crippen molar-refractivity contribution in [3.63, 3.8) is 0 Å². The van der Waals surface area contributed by atoms with Gasteiger partial charge in [-0.1, -0.05) is 22.6 Å². The molecule has 0 spiro atoms. The summed E-state index contributed by atoms with van der Waals surface area (Å²) in [5.74, 6) is 2.54. The summed E-state index contributed by atoms with van der Waals surface area (Å²) >= 11 is 4.41. The van der Waals surface area contributed by atoms with E-state index in [9.17, 15) is 0 Å². The molecule has 0 aromatic rings. The van der Waals surface area contributed by atoms with Gasteiger partial charge in [-0.3, -0.25) is 0 Å². The summed E-state index contributed by atoms with van der Waals surface area (Å²) in [4.78, 5) is 0. The number of halogens is 1. The highest BCUT2D eigenvalue weighted by atomic mass is 127. The van der Waals surface area contributed by atoms with E-state index in [0.29, 0.717) is 0 Å². The lowest BCUT2D eigenvalue weighted by molar-refractivity contribution is 0.872. The summed E-state index contributed by atoms with van der Waals surface area (Å²) in [6, 6.07) is 0. The minimum atomic E-state index is 1.14. The van der Waals surface area contributed by atoms with E-state index in [4.69, 9.17) is 0 Å². The molecule has 0 atom stereocenters. The standard InChI is InChI=1S/C5H12INS/c1-7-3-5-8-4-2-6/h7H,2-5H2,1H3. The van der Waals surface area contributed by atoms with Gasteiger partial charge in [-0.05, 0) is 7.05 Å². The molecule has 0 heterocycles. The van der Waals surface area contributed by atoms with Crippen LogP contribution in [0.3, 0.4) is 0 Å². The van der Waals surface area contributed by atoms with Gasteiger partial charge < -0.3 is 5.32 Å². The molecule has 0 aromatic heterocycles. The molecule has 0 radical (unpaired) electrons. The summed E-state index contributed by atoms with van der Waals surface area (Å²) in [5, 5.41) is 3.10. The highest BCUT2D eigenvalue weighted by Gasteiger charge is 1.83. The molecule has 50 valence electrons. The van der Waals surface area contributed by atoms with Crippen LogP contribution in [0.2, 0.25) is 0 Å². The van der Waals surface area contributed by atoms with Gasteiger partial charge in [0, 0.05) is 22.5 Å². The Hall–Kier alpha value is 1.04. The van der Waals surface area contributed by atoms with Crippen molar-refractivity contribution in [3.8, 4) is 0 Å². The second-order valence-corrected chi connectivity index (χ2v) is 3.71. The molecule has 0 fully saturated rings. The third-order valence-corrected chi connectivity index (χ3v) is 2.97. The van der Waals surface area contributed by atoms with Gasteiger partial charge in [-0.15, -0.1) is 0 Å². The summed E-state index contributed by atoms with van der Waals surface area (Å²) < 4.78 is 1.27. The molecule has 0 saturated carbocycles. The Morgan fingerprint density at radius 3 is 2.75 bits per heavy atom. The SMILES string of the molecule is CNCCSCCI. The monoisotopic (exact) mass is 245 g/mol. The van der Waals surface area contributed by atoms with Gasteiger partial charge in [0.1, 0.15) is 0 Å². The Bertz CT molecular complexity index is 37.4. The first kappa shape index (κ1) is 9.04. The Balaban J connectivity index is 2.53. The van der Waals surface area contributed by atoms with E-state index >= 15 is 0 Å². The first-order valence-electron chi connectivity index (χ1n) is 2.70. The number of nitrogens with one attached hydrogen (secondary N) is 1. The Kier molecular flexibility index (Phi) is 9.09. The predicted molar refractivity (Wildman–Crippen MR) is 50.1 cm³/mol. The summed E-state index contributed by atoms with van der Waals surface area (Å²) in [6.07, 6.45) is 0. The first-order valence-corrected chi connectivity index (χ1v) is 5.38. The molecule has 3 heteroatoms. The molecule has 0 aliphatic heterocycles. The minimum absolute atomic E-state index is 1.14. The predicted octanol–water partition coefficient (Wildman–Crippen LogP) is 1.37. The number of hydrogen-bond acceptors (Lipinski definition) is 2. The van der Waals surface area contributed by atoms with Gasteiger partial charge in [0.25, 0.3) is 0 Å². The normalized spacial score (nSPS) is 9.75. The Morgan fingerprint density at radius 1 is 1.50 bits per heavy atom. The van der Waals surface area contributed by atoms with Crippen molar-refractivity contribution in [2.45, 2.75) is 0 Å². The fraction of sp³-hybridized carbons (Fsp3) is 1.00. The average molecular weight is 245 g/mol. The van der Waals surface area contributed by atoms with Gasteiger partial charge in [0.2, 0.25) is 0 Å². The van der Waals surface area contributed by atoms with E-state index in [1.165, 1.54) is 15.9 Å². The van der Waals surface area contributed by atoms with Crippen LogP contribution in [0.5, 0.6) is 0 Å². The van der Waals surface area contributed by atoms with Crippen LogP contribution in [0.1, 0.15) is 0 Å². The van der Waals surface area contributed by atoms with Gasteiger partial charge >= 0.3 is 0 Å². The summed E-state index contributed by atoms with van der Waals surface area (Å²) in [6.45, 7) is 1.14. The molecule has 0 rings (SSSR count). The number of thioether (sulfide) groups is 1. The molecule has 8 heavy (non-hydrogen) atoms. The molecule has 1 nitrogen and oxygen atoms in total. The zero-order valence-corrected chi connectivity index (χ0v) is 8.09. The van der Waals surface area contributed by atoms with Gasteiger partial charge in [0.15, 0.2) is 0 Å². The van der Waals surface area contributed by atoms with Crippen LogP contribution in [0.25, 0.3) is 0 Å². The maximum absolute atomic E-state index is 3.10. The number of rotatable bonds is 5. The quantitative estimate of drug-likeness (QED) is 0.446. The van der Waals surface area contributed by atoms with E-state index in [1.54, 1.807) is 0 Å². The van der Waals surface area contributed by atoms with Crippen molar-refractivity contribution >= 4 is 34.4 Å². The maximum atomic E-state index is 3.10. The lowest BCUT2D eigenvalue weighted by Crippen LogP contribution is -2.09. The molecular formula is C5H12INS. The fourth-order valence-corrected chi connectivity index (χ4v) is 1.93. The first-order chi connectivity index (χ1) is 3.91. The van der Waals surface area contributed by atoms with Crippen molar-refractivity contribution in [2.24, 2.45) is 0 Å². The van der Waals surface area contributed by atoms with Gasteiger partial charge in [-0.2, -0.15) is 11.8 Å². The van der Waals surface area contributed by atoms with Crippen molar-refractivity contribution < 1.29 is 0 Å². The second-order valence-electron chi connectivity index (χ2n) is 1.40. The molecule has 0 aliphatic rings. The van der Waals surface area contributed by atoms with Crippen molar-refractivity contribution in [1.29, 1.82) is 0 Å². The van der Waals surface area contributed by atoms with Gasteiger partial charge in [-0.25, -0.2) is 0 Å². The minimum Gasteiger partial charge on any atom is -0.319 e. The molecule has 0 aromatic carbocycles. The third-order valence-electron chi connectivity index (χ3n) is 0.718. The number of alkyl halides is 1. The largest absolute Gasteiger partial charge is 0.319 e. The molecular weight excluding hydrogens is 233 g/mol. The van der Waals surface area contributed by atoms with Crippen LogP contribution in [-0.2, 0) is 0 Å².